The Morgan fingerprint density at radius 1 is 1.22 bits per heavy atom. The van der Waals surface area contributed by atoms with Crippen LogP contribution in [0.25, 0.3) is 0 Å². The molecule has 94 valence electrons. The number of rotatable bonds is 6. The number of carboxylic acids is 2. The topological polar surface area (TPSA) is 86.6 Å². The van der Waals surface area contributed by atoms with E-state index in [1.54, 1.807) is 30.3 Å². The largest absolute Gasteiger partial charge is 0.480 e. The molecule has 5 nitrogen and oxygen atoms in total. The molecule has 0 fully saturated rings. The molecule has 3 N–H and O–H groups in total. The fourth-order valence-corrected chi connectivity index (χ4v) is 1.49. The third-order valence-electron chi connectivity index (χ3n) is 2.37. The van der Waals surface area contributed by atoms with Gasteiger partial charge in [0.25, 0.3) is 0 Å². The molecule has 0 amide bonds. The average Bonchev–Trinajstić information content (AvgIpc) is 2.34. The van der Waals surface area contributed by atoms with Gasteiger partial charge in [-0.05, 0) is 5.56 Å². The molecule has 0 saturated heterocycles. The molecule has 0 radical (unpaired) electrons. The summed E-state index contributed by atoms with van der Waals surface area (Å²) in [5.41, 5.74) is 0.480. The van der Waals surface area contributed by atoms with E-state index in [1.165, 1.54) is 0 Å². The molecule has 0 aliphatic heterocycles. The maximum Gasteiger partial charge on any atom is 0.325 e. The number of nitrogens with one attached hydrogen (secondary N) is 1. The zero-order valence-corrected chi connectivity index (χ0v) is 9.54. The first-order chi connectivity index (χ1) is 8.56. The highest BCUT2D eigenvalue weighted by molar-refractivity contribution is 5.78. The zero-order valence-electron chi connectivity index (χ0n) is 9.54. The highest BCUT2D eigenvalue weighted by atomic mass is 16.4. The van der Waals surface area contributed by atoms with Gasteiger partial charge < -0.3 is 10.2 Å². The molecule has 1 unspecified atom stereocenters. The van der Waals surface area contributed by atoms with Gasteiger partial charge in [0, 0.05) is 6.42 Å². The fraction of sp³-hybridized carbons (Fsp3) is 0.231. The predicted molar refractivity (Wildman–Crippen MR) is 64.8 cm³/mol. The van der Waals surface area contributed by atoms with Crippen LogP contribution in [0.3, 0.4) is 0 Å². The minimum Gasteiger partial charge on any atom is -0.480 e. The van der Waals surface area contributed by atoms with Crippen molar-refractivity contribution >= 4 is 11.9 Å². The number of carboxylic acid groups (broad SMARTS) is 2. The Balaban J connectivity index is 2.91. The van der Waals surface area contributed by atoms with E-state index in [0.717, 1.165) is 0 Å². The highest BCUT2D eigenvalue weighted by Gasteiger charge is 2.26. The summed E-state index contributed by atoms with van der Waals surface area (Å²) < 4.78 is 0. The third-order valence-corrected chi connectivity index (χ3v) is 2.37. The van der Waals surface area contributed by atoms with Gasteiger partial charge in [0.15, 0.2) is 0 Å². The second-order valence-corrected chi connectivity index (χ2v) is 3.65. The van der Waals surface area contributed by atoms with E-state index >= 15 is 0 Å². The quantitative estimate of drug-likeness (QED) is 0.649. The van der Waals surface area contributed by atoms with Crippen LogP contribution in [-0.4, -0.2) is 28.2 Å². The molecule has 0 saturated carbocycles. The fourth-order valence-electron chi connectivity index (χ4n) is 1.49. The minimum atomic E-state index is -1.17. The molecule has 0 heterocycles. The third kappa shape index (κ3) is 3.61. The van der Waals surface area contributed by atoms with E-state index in [9.17, 15) is 9.59 Å². The summed E-state index contributed by atoms with van der Waals surface area (Å²) >= 11 is 0. The van der Waals surface area contributed by atoms with Crippen LogP contribution in [0.2, 0.25) is 0 Å². The Bertz CT molecular complexity index is 464. The number of hydrogen-bond acceptors (Lipinski definition) is 3. The maximum atomic E-state index is 11.2. The van der Waals surface area contributed by atoms with E-state index in [4.69, 9.17) is 16.6 Å². The maximum absolute atomic E-state index is 11.2. The van der Waals surface area contributed by atoms with Crippen LogP contribution in [0, 0.1) is 12.3 Å². The summed E-state index contributed by atoms with van der Waals surface area (Å²) in [4.78, 5) is 22.1. The minimum absolute atomic E-state index is 0.0774. The van der Waals surface area contributed by atoms with Gasteiger partial charge in [0.1, 0.15) is 12.1 Å². The smallest absolute Gasteiger partial charge is 0.325 e. The van der Waals surface area contributed by atoms with Crippen LogP contribution < -0.4 is 5.32 Å². The normalized spacial score (nSPS) is 13.3. The van der Waals surface area contributed by atoms with Crippen LogP contribution in [-0.2, 0) is 9.59 Å². The number of terminal acetylenes is 1. The van der Waals surface area contributed by atoms with E-state index in [-0.39, 0.29) is 6.42 Å². The molecule has 1 rings (SSSR count). The van der Waals surface area contributed by atoms with Gasteiger partial charge in [-0.3, -0.25) is 14.9 Å². The van der Waals surface area contributed by atoms with Crippen molar-refractivity contribution in [1.82, 2.24) is 5.32 Å². The molecule has 5 heteroatoms. The molecule has 0 spiro atoms. The van der Waals surface area contributed by atoms with Crippen LogP contribution in [0.1, 0.15) is 18.0 Å². The Labute approximate surface area is 104 Å². The molecule has 2 atom stereocenters. The van der Waals surface area contributed by atoms with Gasteiger partial charge in [-0.1, -0.05) is 30.3 Å². The standard InChI is InChI=1S/C13H13NO4/c1-2-6-10(12(15)16)14-11(13(17)18)9-7-4-3-5-8-9/h1,3-5,7-8,10-11,14H,6H2,(H,15,16)(H,17,18)/t10?,11-/m1/s1. The van der Waals surface area contributed by atoms with Gasteiger partial charge >= 0.3 is 11.9 Å². The molecule has 0 bridgehead atoms. The number of aliphatic carboxylic acids is 2. The van der Waals surface area contributed by atoms with Crippen molar-refractivity contribution in [3.63, 3.8) is 0 Å². The lowest BCUT2D eigenvalue weighted by molar-refractivity contribution is -0.142. The second-order valence-electron chi connectivity index (χ2n) is 3.65. The van der Waals surface area contributed by atoms with Crippen LogP contribution in [0.15, 0.2) is 30.3 Å². The van der Waals surface area contributed by atoms with Gasteiger partial charge in [0.2, 0.25) is 0 Å². The SMILES string of the molecule is C#CCC(N[C@@H](C(=O)O)c1ccccc1)C(=O)O. The van der Waals surface area contributed by atoms with Gasteiger partial charge in [-0.2, -0.15) is 0 Å². The van der Waals surface area contributed by atoms with Crippen molar-refractivity contribution in [1.29, 1.82) is 0 Å². The molecule has 18 heavy (non-hydrogen) atoms. The lowest BCUT2D eigenvalue weighted by Crippen LogP contribution is -2.41. The molecule has 0 aliphatic carbocycles. The second kappa shape index (κ2) is 6.42. The summed E-state index contributed by atoms with van der Waals surface area (Å²) in [6.07, 6.45) is 4.98. The molecule has 1 aromatic rings. The number of benzene rings is 1. The van der Waals surface area contributed by atoms with Gasteiger partial charge in [0.05, 0.1) is 0 Å². The van der Waals surface area contributed by atoms with Crippen molar-refractivity contribution in [2.75, 3.05) is 0 Å². The average molecular weight is 247 g/mol. The van der Waals surface area contributed by atoms with Crippen LogP contribution >= 0.6 is 0 Å². The van der Waals surface area contributed by atoms with Crippen LogP contribution in [0.5, 0.6) is 0 Å². The van der Waals surface area contributed by atoms with Crippen molar-refractivity contribution in [2.24, 2.45) is 0 Å². The molecular weight excluding hydrogens is 234 g/mol. The lowest BCUT2D eigenvalue weighted by atomic mass is 10.1. The highest BCUT2D eigenvalue weighted by Crippen LogP contribution is 2.14. The first kappa shape index (κ1) is 13.7. The monoisotopic (exact) mass is 247 g/mol. The van der Waals surface area contributed by atoms with Crippen molar-refractivity contribution < 1.29 is 19.8 Å². The summed E-state index contributed by atoms with van der Waals surface area (Å²) in [7, 11) is 0. The molecule has 0 aromatic heterocycles. The molecule has 1 aromatic carbocycles. The number of carbonyl (C=O) groups is 2. The van der Waals surface area contributed by atoms with Crippen LogP contribution in [0.4, 0.5) is 0 Å². The van der Waals surface area contributed by atoms with Gasteiger partial charge in [-0.15, -0.1) is 12.3 Å². The summed E-state index contributed by atoms with van der Waals surface area (Å²) in [6, 6.07) is 6.16. The van der Waals surface area contributed by atoms with Crippen molar-refractivity contribution in [2.45, 2.75) is 18.5 Å². The lowest BCUT2D eigenvalue weighted by Gasteiger charge is -2.19. The predicted octanol–water partition coefficient (Wildman–Crippen LogP) is 0.878. The van der Waals surface area contributed by atoms with Gasteiger partial charge in [-0.25, -0.2) is 0 Å². The summed E-state index contributed by atoms with van der Waals surface area (Å²) in [6.45, 7) is 0. The summed E-state index contributed by atoms with van der Waals surface area (Å²) in [5, 5.41) is 20.6. The first-order valence-electron chi connectivity index (χ1n) is 5.26. The zero-order chi connectivity index (χ0) is 13.5. The summed E-state index contributed by atoms with van der Waals surface area (Å²) in [5.74, 6) is -0.111. The first-order valence-corrected chi connectivity index (χ1v) is 5.26. The van der Waals surface area contributed by atoms with E-state index in [0.29, 0.717) is 5.56 Å². The molecule has 0 aliphatic rings. The Morgan fingerprint density at radius 2 is 1.83 bits per heavy atom. The Kier molecular flexibility index (Phi) is 4.90. The molecular formula is C13H13NO4. The van der Waals surface area contributed by atoms with E-state index < -0.39 is 24.0 Å². The van der Waals surface area contributed by atoms with Crippen molar-refractivity contribution in [3.05, 3.63) is 35.9 Å². The van der Waals surface area contributed by atoms with E-state index in [2.05, 4.69) is 11.2 Å². The Morgan fingerprint density at radius 3 is 2.28 bits per heavy atom. The van der Waals surface area contributed by atoms with E-state index in [1.807, 2.05) is 0 Å². The van der Waals surface area contributed by atoms with Crippen molar-refractivity contribution in [3.8, 4) is 12.3 Å². The Hall–Kier alpha value is -2.32. The number of hydrogen-bond donors (Lipinski definition) is 3.